The Morgan fingerprint density at radius 3 is 2.67 bits per heavy atom. The Balaban J connectivity index is 2.07. The number of amides is 2. The third-order valence-corrected chi connectivity index (χ3v) is 4.84. The van der Waals surface area contributed by atoms with Crippen LogP contribution in [0.4, 0.5) is 5.82 Å². The average molecular weight is 469 g/mol. The van der Waals surface area contributed by atoms with E-state index in [0.29, 0.717) is 28.4 Å². The second-order valence-corrected chi connectivity index (χ2v) is 7.25. The highest BCUT2D eigenvalue weighted by Gasteiger charge is 2.28. The van der Waals surface area contributed by atoms with Crippen LogP contribution in [0.25, 0.3) is 0 Å². The summed E-state index contributed by atoms with van der Waals surface area (Å²) in [7, 11) is 1.59. The number of anilines is 1. The Bertz CT molecular complexity index is 1160. The van der Waals surface area contributed by atoms with Crippen LogP contribution in [0.3, 0.4) is 0 Å². The van der Waals surface area contributed by atoms with Crippen molar-refractivity contribution in [2.45, 2.75) is 13.0 Å². The third kappa shape index (κ3) is 5.65. The zero-order valence-corrected chi connectivity index (χ0v) is 18.5. The Morgan fingerprint density at radius 2 is 2.09 bits per heavy atom. The highest BCUT2D eigenvalue weighted by Crippen LogP contribution is 2.29. The molecule has 0 spiro atoms. The highest BCUT2D eigenvalue weighted by molar-refractivity contribution is 6.30. The van der Waals surface area contributed by atoms with Crippen molar-refractivity contribution in [3.63, 3.8) is 0 Å². The number of hydrogen-bond acceptors (Lipinski definition) is 8. The van der Waals surface area contributed by atoms with Crippen molar-refractivity contribution in [3.05, 3.63) is 64.6 Å². The molecule has 3 aromatic rings. The predicted octanol–water partition coefficient (Wildman–Crippen LogP) is 2.67. The average Bonchev–Trinajstić information content (AvgIpc) is 3.18. The van der Waals surface area contributed by atoms with E-state index in [0.717, 1.165) is 4.90 Å². The predicted molar refractivity (Wildman–Crippen MR) is 120 cm³/mol. The molecule has 2 amide bonds. The number of benzene rings is 1. The van der Waals surface area contributed by atoms with Gasteiger partial charge in [-0.3, -0.25) is 24.0 Å². The van der Waals surface area contributed by atoms with Crippen LogP contribution in [-0.2, 0) is 11.3 Å². The summed E-state index contributed by atoms with van der Waals surface area (Å²) in [5, 5.41) is 21.4. The largest absolute Gasteiger partial charge is 0.425 e. The Morgan fingerprint density at radius 1 is 1.33 bits per heavy atom. The number of nitriles is 1. The van der Waals surface area contributed by atoms with Gasteiger partial charge in [0.15, 0.2) is 11.5 Å². The van der Waals surface area contributed by atoms with E-state index in [9.17, 15) is 9.59 Å². The summed E-state index contributed by atoms with van der Waals surface area (Å²) in [6, 6.07) is 11.9. The number of carbonyl (C=O) groups excluding carboxylic acids is 2. The molecule has 2 N–H and O–H groups in total. The number of aromatic nitrogens is 3. The number of imide groups is 1. The number of carbonyl (C=O) groups is 2. The number of ether oxygens (including phenoxy) is 1. The SMILES string of the molecule is CNc1nc(Oc2ccc(C#N)cc2)n(Cc2ccc(Cl)cn2)c1C(=O)N(C=O)CCCO. The van der Waals surface area contributed by atoms with Crippen molar-refractivity contribution in [1.29, 1.82) is 5.26 Å². The number of nitrogens with zero attached hydrogens (tertiary/aromatic N) is 5. The van der Waals surface area contributed by atoms with E-state index in [1.165, 1.54) is 10.8 Å². The number of nitrogens with one attached hydrogen (secondary N) is 1. The van der Waals surface area contributed by atoms with Gasteiger partial charge in [0.05, 0.1) is 28.9 Å². The molecule has 0 saturated heterocycles. The minimum atomic E-state index is -0.612. The zero-order chi connectivity index (χ0) is 23.8. The standard InChI is InChI=1S/C22H21ClN6O4/c1-25-20-19(21(32)28(14-31)9-2-10-30)29(13-17-6-5-16(23)12-26-17)22(27-20)33-18-7-3-15(11-24)4-8-18/h3-8,12,14,25,30H,2,9-10,13H2,1H3. The minimum absolute atomic E-state index is 0.0399. The molecule has 0 atom stereocenters. The van der Waals surface area contributed by atoms with Crippen LogP contribution in [0.5, 0.6) is 11.8 Å². The van der Waals surface area contributed by atoms with Crippen LogP contribution >= 0.6 is 11.6 Å². The smallest absolute Gasteiger partial charge is 0.304 e. The second kappa shape index (κ2) is 11.1. The molecule has 1 aromatic carbocycles. The lowest BCUT2D eigenvalue weighted by molar-refractivity contribution is -0.116. The van der Waals surface area contributed by atoms with Crippen LogP contribution in [0.15, 0.2) is 42.6 Å². The van der Waals surface area contributed by atoms with Gasteiger partial charge in [0, 0.05) is 26.4 Å². The summed E-state index contributed by atoms with van der Waals surface area (Å²) < 4.78 is 7.42. The van der Waals surface area contributed by atoms with Crippen LogP contribution in [0.1, 0.15) is 28.2 Å². The first-order chi connectivity index (χ1) is 16.0. The number of halogens is 1. The molecule has 0 aliphatic heterocycles. The van der Waals surface area contributed by atoms with Crippen LogP contribution in [0, 0.1) is 11.3 Å². The van der Waals surface area contributed by atoms with E-state index in [1.54, 1.807) is 43.4 Å². The highest BCUT2D eigenvalue weighted by atomic mass is 35.5. The summed E-state index contributed by atoms with van der Waals surface area (Å²) in [4.78, 5) is 34.5. The maximum Gasteiger partial charge on any atom is 0.304 e. The molecule has 11 heteroatoms. The van der Waals surface area contributed by atoms with Gasteiger partial charge in [-0.15, -0.1) is 0 Å². The lowest BCUT2D eigenvalue weighted by Gasteiger charge is -2.17. The van der Waals surface area contributed by atoms with Gasteiger partial charge in [-0.05, 0) is 42.8 Å². The fourth-order valence-electron chi connectivity index (χ4n) is 2.99. The van der Waals surface area contributed by atoms with Gasteiger partial charge < -0.3 is 15.2 Å². The Hall–Kier alpha value is -3.94. The van der Waals surface area contributed by atoms with E-state index < -0.39 is 5.91 Å². The van der Waals surface area contributed by atoms with Crippen molar-refractivity contribution >= 4 is 29.7 Å². The number of pyridine rings is 1. The molecule has 10 nitrogen and oxygen atoms in total. The molecule has 2 aromatic heterocycles. The van der Waals surface area contributed by atoms with E-state index >= 15 is 0 Å². The van der Waals surface area contributed by atoms with Crippen LogP contribution < -0.4 is 10.1 Å². The summed E-state index contributed by atoms with van der Waals surface area (Å²) in [5.41, 5.74) is 1.13. The van der Waals surface area contributed by atoms with Gasteiger partial charge in [-0.1, -0.05) is 11.6 Å². The fraction of sp³-hybridized carbons (Fsp3) is 0.227. The van der Waals surface area contributed by atoms with Gasteiger partial charge in [0.2, 0.25) is 6.41 Å². The number of imidazole rings is 1. The van der Waals surface area contributed by atoms with Crippen molar-refractivity contribution in [2.24, 2.45) is 0 Å². The second-order valence-electron chi connectivity index (χ2n) is 6.81. The normalized spacial score (nSPS) is 10.4. The van der Waals surface area contributed by atoms with Gasteiger partial charge in [0.25, 0.3) is 5.91 Å². The fourth-order valence-corrected chi connectivity index (χ4v) is 3.10. The molecule has 0 unspecified atom stereocenters. The van der Waals surface area contributed by atoms with Gasteiger partial charge >= 0.3 is 6.01 Å². The maximum atomic E-state index is 13.3. The molecule has 170 valence electrons. The lowest BCUT2D eigenvalue weighted by atomic mass is 10.2. The van der Waals surface area contributed by atoms with Crippen molar-refractivity contribution in [2.75, 3.05) is 25.5 Å². The third-order valence-electron chi connectivity index (χ3n) is 4.62. The quantitative estimate of drug-likeness (QED) is 0.434. The first-order valence-electron chi connectivity index (χ1n) is 9.94. The summed E-state index contributed by atoms with van der Waals surface area (Å²) in [6.07, 6.45) is 2.13. The van der Waals surface area contributed by atoms with Gasteiger partial charge in [0.1, 0.15) is 5.75 Å². The molecule has 0 fully saturated rings. The molecule has 0 saturated carbocycles. The summed E-state index contributed by atoms with van der Waals surface area (Å²) in [5.74, 6) is -0.00843. The van der Waals surface area contributed by atoms with E-state index in [1.807, 2.05) is 6.07 Å². The summed E-state index contributed by atoms with van der Waals surface area (Å²) >= 11 is 5.94. The monoisotopic (exact) mass is 468 g/mol. The number of aliphatic hydroxyl groups excluding tert-OH is 1. The van der Waals surface area contributed by atoms with Crippen LogP contribution in [0.2, 0.25) is 5.02 Å². The first-order valence-corrected chi connectivity index (χ1v) is 10.3. The van der Waals surface area contributed by atoms with E-state index in [2.05, 4.69) is 15.3 Å². The molecule has 0 radical (unpaired) electrons. The number of rotatable bonds is 10. The molecule has 2 heterocycles. The van der Waals surface area contributed by atoms with Crippen molar-refractivity contribution in [1.82, 2.24) is 19.4 Å². The van der Waals surface area contributed by atoms with E-state index in [-0.39, 0.29) is 43.6 Å². The molecule has 0 aliphatic rings. The Labute approximate surface area is 195 Å². The molecule has 0 bridgehead atoms. The van der Waals surface area contributed by atoms with Crippen LogP contribution in [-0.4, -0.2) is 57.1 Å². The molecule has 3 rings (SSSR count). The van der Waals surface area contributed by atoms with Crippen molar-refractivity contribution < 1.29 is 19.4 Å². The van der Waals surface area contributed by atoms with Gasteiger partial charge in [-0.2, -0.15) is 10.2 Å². The van der Waals surface area contributed by atoms with Gasteiger partial charge in [-0.25, -0.2) is 0 Å². The van der Waals surface area contributed by atoms with Crippen molar-refractivity contribution in [3.8, 4) is 17.8 Å². The molecule has 0 aliphatic carbocycles. The maximum absolute atomic E-state index is 13.3. The Kier molecular flexibility index (Phi) is 7.96. The number of aliphatic hydroxyl groups is 1. The lowest BCUT2D eigenvalue weighted by Crippen LogP contribution is -2.33. The number of hydrogen-bond donors (Lipinski definition) is 2. The first kappa shape index (κ1) is 23.7. The molecular weight excluding hydrogens is 448 g/mol. The minimum Gasteiger partial charge on any atom is -0.425 e. The molecular formula is C22H21ClN6O4. The summed E-state index contributed by atoms with van der Waals surface area (Å²) in [6.45, 7) is -0.0269. The molecule has 33 heavy (non-hydrogen) atoms. The zero-order valence-electron chi connectivity index (χ0n) is 17.7. The topological polar surface area (TPSA) is 133 Å². The van der Waals surface area contributed by atoms with E-state index in [4.69, 9.17) is 26.7 Å².